The molecule has 0 saturated heterocycles. The van der Waals surface area contributed by atoms with Gasteiger partial charge in [-0.3, -0.25) is 9.59 Å². The van der Waals surface area contributed by atoms with E-state index >= 15 is 0 Å². The molecule has 0 radical (unpaired) electrons. The number of anilines is 1. The van der Waals surface area contributed by atoms with Gasteiger partial charge in [-0.05, 0) is 71.8 Å². The van der Waals surface area contributed by atoms with E-state index in [1.165, 1.54) is 19.1 Å². The maximum Gasteiger partial charge on any atom is 0.217 e. The fraction of sp³-hybridized carbons (Fsp3) is 0.310. The molecule has 0 heterocycles. The number of nitrogens with one attached hydrogen (secondary N) is 2. The number of methoxy groups -OCH3 is 3. The summed E-state index contributed by atoms with van der Waals surface area (Å²) >= 11 is 0. The predicted molar refractivity (Wildman–Crippen MR) is 141 cm³/mol. The minimum absolute atomic E-state index is 0.184. The molecule has 37 heavy (non-hydrogen) atoms. The second-order valence-corrected chi connectivity index (χ2v) is 8.90. The number of aryl methyl sites for hydroxylation is 1. The Kier molecular flexibility index (Phi) is 7.96. The summed E-state index contributed by atoms with van der Waals surface area (Å²) in [4.78, 5) is 25.4. The van der Waals surface area contributed by atoms with Crippen LogP contribution in [-0.2, 0) is 17.6 Å². The summed E-state index contributed by atoms with van der Waals surface area (Å²) in [5, 5.41) is 6.19. The van der Waals surface area contributed by atoms with E-state index in [0.717, 1.165) is 22.3 Å². The lowest BCUT2D eigenvalue weighted by Gasteiger charge is -2.19. The van der Waals surface area contributed by atoms with Crippen molar-refractivity contribution in [3.05, 3.63) is 81.3 Å². The number of rotatable bonds is 8. The zero-order chi connectivity index (χ0) is 26.5. The predicted octanol–water partition coefficient (Wildman–Crippen LogP) is 4.66. The average Bonchev–Trinajstić information content (AvgIpc) is 3.11. The van der Waals surface area contributed by atoms with E-state index in [4.69, 9.17) is 14.2 Å². The van der Waals surface area contributed by atoms with E-state index in [2.05, 4.69) is 10.6 Å². The minimum atomic E-state index is -0.373. The van der Waals surface area contributed by atoms with Crippen molar-refractivity contribution in [1.29, 1.82) is 0 Å². The van der Waals surface area contributed by atoms with Crippen LogP contribution in [0.4, 0.5) is 10.1 Å². The second-order valence-electron chi connectivity index (χ2n) is 8.90. The van der Waals surface area contributed by atoms with Crippen LogP contribution < -0.4 is 30.3 Å². The van der Waals surface area contributed by atoms with Gasteiger partial charge in [0.25, 0.3) is 0 Å². The highest BCUT2D eigenvalue weighted by molar-refractivity contribution is 5.83. The quantitative estimate of drug-likeness (QED) is 0.462. The second kappa shape index (κ2) is 11.3. The van der Waals surface area contributed by atoms with E-state index in [9.17, 15) is 14.0 Å². The van der Waals surface area contributed by atoms with Gasteiger partial charge in [-0.1, -0.05) is 18.2 Å². The van der Waals surface area contributed by atoms with Crippen molar-refractivity contribution in [1.82, 2.24) is 5.32 Å². The molecule has 1 amide bonds. The first-order chi connectivity index (χ1) is 17.9. The molecule has 0 bridgehead atoms. The molecule has 3 aromatic carbocycles. The highest BCUT2D eigenvalue weighted by Gasteiger charge is 2.29. The third-order valence-corrected chi connectivity index (χ3v) is 6.53. The molecule has 2 N–H and O–H groups in total. The Hall–Kier alpha value is -4.07. The van der Waals surface area contributed by atoms with Crippen LogP contribution >= 0.6 is 0 Å². The monoisotopic (exact) mass is 506 g/mol. The molecule has 7 nitrogen and oxygen atoms in total. The van der Waals surface area contributed by atoms with Crippen LogP contribution in [0.3, 0.4) is 0 Å². The SMILES string of the molecule is COc1cc2c(c(OC)c1OC)-c1ccc(NCCc3cccc(F)c3)c(=O)cc1[C@H](NC(C)=O)CC2. The first kappa shape index (κ1) is 26.0. The van der Waals surface area contributed by atoms with Crippen molar-refractivity contribution in [3.8, 4) is 28.4 Å². The number of hydrogen-bond acceptors (Lipinski definition) is 6. The normalized spacial score (nSPS) is 14.0. The molecule has 1 atom stereocenters. The van der Waals surface area contributed by atoms with Crippen LogP contribution in [0.15, 0.2) is 53.3 Å². The van der Waals surface area contributed by atoms with Crippen LogP contribution in [0.2, 0.25) is 0 Å². The summed E-state index contributed by atoms with van der Waals surface area (Å²) in [5.41, 5.74) is 4.25. The van der Waals surface area contributed by atoms with Crippen LogP contribution in [0, 0.1) is 5.82 Å². The van der Waals surface area contributed by atoms with Gasteiger partial charge in [0.15, 0.2) is 11.5 Å². The Balaban J connectivity index is 1.82. The fourth-order valence-corrected chi connectivity index (χ4v) is 4.89. The zero-order valence-electron chi connectivity index (χ0n) is 21.4. The van der Waals surface area contributed by atoms with E-state index < -0.39 is 0 Å². The molecule has 1 aliphatic rings. The van der Waals surface area contributed by atoms with Crippen molar-refractivity contribution in [3.63, 3.8) is 0 Å². The lowest BCUT2D eigenvalue weighted by Crippen LogP contribution is -2.26. The number of benzene rings is 2. The van der Waals surface area contributed by atoms with Crippen LogP contribution in [0.1, 0.15) is 36.1 Å². The lowest BCUT2D eigenvalue weighted by atomic mass is 9.95. The summed E-state index contributed by atoms with van der Waals surface area (Å²) in [6.07, 6.45) is 1.77. The molecular weight excluding hydrogens is 475 g/mol. The number of carbonyl (C=O) groups excluding carboxylic acids is 1. The van der Waals surface area contributed by atoms with Crippen molar-refractivity contribution in [2.45, 2.75) is 32.2 Å². The van der Waals surface area contributed by atoms with Crippen LogP contribution in [0.25, 0.3) is 11.1 Å². The molecule has 0 aliphatic heterocycles. The fourth-order valence-electron chi connectivity index (χ4n) is 4.89. The topological polar surface area (TPSA) is 85.9 Å². The van der Waals surface area contributed by atoms with Crippen LogP contribution in [-0.4, -0.2) is 33.8 Å². The van der Waals surface area contributed by atoms with Gasteiger partial charge < -0.3 is 24.8 Å². The van der Waals surface area contributed by atoms with Gasteiger partial charge >= 0.3 is 0 Å². The molecule has 3 aromatic rings. The molecule has 0 aromatic heterocycles. The Morgan fingerprint density at radius 3 is 2.49 bits per heavy atom. The highest BCUT2D eigenvalue weighted by Crippen LogP contribution is 2.50. The van der Waals surface area contributed by atoms with E-state index in [0.29, 0.717) is 54.3 Å². The number of amides is 1. The Labute approximate surface area is 215 Å². The average molecular weight is 507 g/mol. The van der Waals surface area contributed by atoms with Gasteiger partial charge in [0.1, 0.15) is 5.82 Å². The molecule has 4 rings (SSSR count). The van der Waals surface area contributed by atoms with Crippen molar-refractivity contribution in [2.24, 2.45) is 0 Å². The van der Waals surface area contributed by atoms with E-state index in [1.54, 1.807) is 39.5 Å². The molecule has 8 heteroatoms. The molecule has 1 aliphatic carbocycles. The molecule has 0 unspecified atom stereocenters. The lowest BCUT2D eigenvalue weighted by molar-refractivity contribution is -0.119. The van der Waals surface area contributed by atoms with E-state index in [-0.39, 0.29) is 23.2 Å². The number of hydrogen-bond donors (Lipinski definition) is 2. The third-order valence-electron chi connectivity index (χ3n) is 6.53. The summed E-state index contributed by atoms with van der Waals surface area (Å²) in [6, 6.07) is 13.1. The van der Waals surface area contributed by atoms with Crippen molar-refractivity contribution in [2.75, 3.05) is 33.2 Å². The highest BCUT2D eigenvalue weighted by atomic mass is 19.1. The Morgan fingerprint density at radius 1 is 1.03 bits per heavy atom. The van der Waals surface area contributed by atoms with Crippen molar-refractivity contribution >= 4 is 11.6 Å². The summed E-state index contributed by atoms with van der Waals surface area (Å²) < 4.78 is 30.5. The van der Waals surface area contributed by atoms with Crippen molar-refractivity contribution < 1.29 is 23.4 Å². The first-order valence-electron chi connectivity index (χ1n) is 12.1. The first-order valence-corrected chi connectivity index (χ1v) is 12.1. The summed E-state index contributed by atoms with van der Waals surface area (Å²) in [7, 11) is 4.68. The number of fused-ring (bicyclic) bond motifs is 3. The minimum Gasteiger partial charge on any atom is -0.493 e. The van der Waals surface area contributed by atoms with E-state index in [1.807, 2.05) is 18.2 Å². The van der Waals surface area contributed by atoms with Gasteiger partial charge in [-0.15, -0.1) is 0 Å². The van der Waals surface area contributed by atoms with Gasteiger partial charge in [-0.25, -0.2) is 4.39 Å². The van der Waals surface area contributed by atoms with Gasteiger partial charge in [0.2, 0.25) is 17.1 Å². The molecular formula is C29H31FN2O5. The maximum absolute atomic E-state index is 13.5. The number of halogens is 1. The summed E-state index contributed by atoms with van der Waals surface area (Å²) in [5.74, 6) is 1.02. The standard InChI is InChI=1S/C29H31FN2O5/c1-17(33)32-23-10-8-19-15-26(35-2)28(36-3)29(37-4)27(19)21-9-11-24(25(34)16-22(21)23)31-13-12-18-6-5-7-20(30)14-18/h5-7,9,11,14-16,23H,8,10,12-13H2,1-4H3,(H,31,34)(H,32,33)/t23-/m1/s1. The molecule has 0 spiro atoms. The van der Waals surface area contributed by atoms with Crippen LogP contribution in [0.5, 0.6) is 17.2 Å². The maximum atomic E-state index is 13.5. The molecule has 194 valence electrons. The van der Waals surface area contributed by atoms with Gasteiger partial charge in [0, 0.05) is 19.0 Å². The molecule has 0 saturated carbocycles. The number of carbonyl (C=O) groups is 1. The Bertz CT molecular complexity index is 1380. The molecule has 0 fully saturated rings. The smallest absolute Gasteiger partial charge is 0.217 e. The summed E-state index contributed by atoms with van der Waals surface area (Å²) in [6.45, 7) is 1.91. The van der Waals surface area contributed by atoms with Gasteiger partial charge in [-0.2, -0.15) is 0 Å². The Morgan fingerprint density at radius 2 is 1.81 bits per heavy atom. The van der Waals surface area contributed by atoms with Gasteiger partial charge in [0.05, 0.1) is 33.1 Å². The third kappa shape index (κ3) is 5.53. The zero-order valence-corrected chi connectivity index (χ0v) is 21.4. The number of ether oxygens (including phenoxy) is 3. The largest absolute Gasteiger partial charge is 0.493 e.